The predicted molar refractivity (Wildman–Crippen MR) is 64.6 cm³/mol. The highest BCUT2D eigenvalue weighted by atomic mass is 79.9. The number of hydrogen-bond acceptors (Lipinski definition) is 2. The zero-order valence-electron chi connectivity index (χ0n) is 8.42. The zero-order valence-corrected chi connectivity index (χ0v) is 10.0. The van der Waals surface area contributed by atoms with Gasteiger partial charge in [0, 0.05) is 27.6 Å². The zero-order chi connectivity index (χ0) is 11.1. The van der Waals surface area contributed by atoms with E-state index in [1.54, 1.807) is 6.92 Å². The summed E-state index contributed by atoms with van der Waals surface area (Å²) in [4.78, 5) is 3.16. The standard InChI is InChI=1S/C11H13BrN2O/c1-11(15,6-13)10-5-7-4-8(12)2-3-9(7)14-10/h2-5,14-15H,6,13H2,1H3. The van der Waals surface area contributed by atoms with Gasteiger partial charge in [-0.15, -0.1) is 0 Å². The molecule has 1 atom stereocenters. The smallest absolute Gasteiger partial charge is 0.114 e. The molecule has 0 saturated carbocycles. The molecular formula is C11H13BrN2O. The van der Waals surface area contributed by atoms with E-state index >= 15 is 0 Å². The molecule has 3 nitrogen and oxygen atoms in total. The van der Waals surface area contributed by atoms with Crippen molar-refractivity contribution in [1.82, 2.24) is 4.98 Å². The van der Waals surface area contributed by atoms with Crippen molar-refractivity contribution in [1.29, 1.82) is 0 Å². The molecule has 4 heteroatoms. The van der Waals surface area contributed by atoms with Crippen LogP contribution in [0.25, 0.3) is 10.9 Å². The van der Waals surface area contributed by atoms with Crippen molar-refractivity contribution in [2.24, 2.45) is 5.73 Å². The molecule has 0 aliphatic rings. The Morgan fingerprint density at radius 2 is 2.20 bits per heavy atom. The van der Waals surface area contributed by atoms with E-state index in [0.717, 1.165) is 21.1 Å². The summed E-state index contributed by atoms with van der Waals surface area (Å²) in [7, 11) is 0. The average molecular weight is 269 g/mol. The van der Waals surface area contributed by atoms with Crippen molar-refractivity contribution in [3.05, 3.63) is 34.4 Å². The molecule has 0 aliphatic heterocycles. The number of hydrogen-bond donors (Lipinski definition) is 3. The Kier molecular flexibility index (Phi) is 2.58. The van der Waals surface area contributed by atoms with Crippen LogP contribution in [0.4, 0.5) is 0 Å². The third kappa shape index (κ3) is 1.93. The van der Waals surface area contributed by atoms with E-state index in [1.807, 2.05) is 24.3 Å². The number of benzene rings is 1. The summed E-state index contributed by atoms with van der Waals surface area (Å²) in [5.41, 5.74) is 6.27. The van der Waals surface area contributed by atoms with Crippen molar-refractivity contribution < 1.29 is 5.11 Å². The molecule has 0 saturated heterocycles. The molecular weight excluding hydrogens is 256 g/mol. The number of H-pyrrole nitrogens is 1. The molecule has 0 bridgehead atoms. The number of nitrogens with one attached hydrogen (secondary N) is 1. The largest absolute Gasteiger partial charge is 0.383 e. The Balaban J connectivity index is 2.56. The Labute approximate surface area is 96.4 Å². The molecule has 0 radical (unpaired) electrons. The van der Waals surface area contributed by atoms with Gasteiger partial charge in [0.15, 0.2) is 0 Å². The van der Waals surface area contributed by atoms with E-state index in [2.05, 4.69) is 20.9 Å². The van der Waals surface area contributed by atoms with Gasteiger partial charge in [-0.1, -0.05) is 15.9 Å². The molecule has 4 N–H and O–H groups in total. The minimum atomic E-state index is -0.995. The van der Waals surface area contributed by atoms with Crippen LogP contribution in [-0.4, -0.2) is 16.6 Å². The third-order valence-corrected chi connectivity index (χ3v) is 3.05. The van der Waals surface area contributed by atoms with E-state index in [-0.39, 0.29) is 6.54 Å². The van der Waals surface area contributed by atoms with Crippen LogP contribution in [0.2, 0.25) is 0 Å². The maximum atomic E-state index is 10.00. The van der Waals surface area contributed by atoms with Crippen LogP contribution < -0.4 is 5.73 Å². The Hall–Kier alpha value is -0.840. The minimum Gasteiger partial charge on any atom is -0.383 e. The SMILES string of the molecule is CC(O)(CN)c1cc2cc(Br)ccc2[nH]1. The number of rotatable bonds is 2. The molecule has 1 aromatic carbocycles. The van der Waals surface area contributed by atoms with Crippen LogP contribution in [0.5, 0.6) is 0 Å². The van der Waals surface area contributed by atoms with Gasteiger partial charge < -0.3 is 15.8 Å². The maximum absolute atomic E-state index is 10.00. The highest BCUT2D eigenvalue weighted by Crippen LogP contribution is 2.25. The third-order valence-electron chi connectivity index (χ3n) is 2.56. The lowest BCUT2D eigenvalue weighted by Crippen LogP contribution is -2.31. The topological polar surface area (TPSA) is 62.0 Å². The summed E-state index contributed by atoms with van der Waals surface area (Å²) >= 11 is 3.41. The molecule has 2 rings (SSSR count). The van der Waals surface area contributed by atoms with Crippen molar-refractivity contribution in [2.45, 2.75) is 12.5 Å². The van der Waals surface area contributed by atoms with E-state index in [9.17, 15) is 5.11 Å². The molecule has 0 aliphatic carbocycles. The van der Waals surface area contributed by atoms with E-state index in [0.29, 0.717) is 0 Å². The lowest BCUT2D eigenvalue weighted by Gasteiger charge is -2.18. The Morgan fingerprint density at radius 3 is 2.87 bits per heavy atom. The van der Waals surface area contributed by atoms with Gasteiger partial charge in [0.1, 0.15) is 5.60 Å². The number of fused-ring (bicyclic) bond motifs is 1. The number of aromatic nitrogens is 1. The first kappa shape index (κ1) is 10.7. The summed E-state index contributed by atoms with van der Waals surface area (Å²) < 4.78 is 1.02. The second-order valence-electron chi connectivity index (χ2n) is 3.89. The summed E-state index contributed by atoms with van der Waals surface area (Å²) in [6.07, 6.45) is 0. The first-order valence-corrected chi connectivity index (χ1v) is 5.53. The molecule has 1 aromatic heterocycles. The number of halogens is 1. The van der Waals surface area contributed by atoms with E-state index in [1.165, 1.54) is 0 Å². The van der Waals surface area contributed by atoms with Gasteiger partial charge in [0.25, 0.3) is 0 Å². The number of aromatic amines is 1. The van der Waals surface area contributed by atoms with Crippen molar-refractivity contribution >= 4 is 26.8 Å². The monoisotopic (exact) mass is 268 g/mol. The summed E-state index contributed by atoms with van der Waals surface area (Å²) in [6, 6.07) is 7.85. The van der Waals surface area contributed by atoms with Gasteiger partial charge in [-0.2, -0.15) is 0 Å². The maximum Gasteiger partial charge on any atom is 0.114 e. The van der Waals surface area contributed by atoms with Crippen LogP contribution in [0.15, 0.2) is 28.7 Å². The molecule has 1 heterocycles. The van der Waals surface area contributed by atoms with Gasteiger partial charge in [0.2, 0.25) is 0 Å². The first-order chi connectivity index (χ1) is 7.03. The summed E-state index contributed by atoms with van der Waals surface area (Å²) in [5.74, 6) is 0. The van der Waals surface area contributed by atoms with Crippen LogP contribution in [0.1, 0.15) is 12.6 Å². The minimum absolute atomic E-state index is 0.195. The Bertz CT molecular complexity index is 490. The normalized spacial score (nSPS) is 15.5. The van der Waals surface area contributed by atoms with Gasteiger partial charge in [-0.3, -0.25) is 0 Å². The van der Waals surface area contributed by atoms with Crippen molar-refractivity contribution in [3.63, 3.8) is 0 Å². The number of aliphatic hydroxyl groups is 1. The van der Waals surface area contributed by atoms with E-state index in [4.69, 9.17) is 5.73 Å². The summed E-state index contributed by atoms with van der Waals surface area (Å²) in [6.45, 7) is 1.90. The van der Waals surface area contributed by atoms with Crippen LogP contribution in [0, 0.1) is 0 Å². The fourth-order valence-corrected chi connectivity index (χ4v) is 1.88. The molecule has 1 unspecified atom stereocenters. The van der Waals surface area contributed by atoms with Gasteiger partial charge in [-0.25, -0.2) is 0 Å². The van der Waals surface area contributed by atoms with Crippen molar-refractivity contribution in [2.75, 3.05) is 6.54 Å². The predicted octanol–water partition coefficient (Wildman–Crippen LogP) is 2.10. The average Bonchev–Trinajstić information content (AvgIpc) is 2.61. The fourth-order valence-electron chi connectivity index (χ4n) is 1.50. The lowest BCUT2D eigenvalue weighted by molar-refractivity contribution is 0.0630. The highest BCUT2D eigenvalue weighted by Gasteiger charge is 2.22. The highest BCUT2D eigenvalue weighted by molar-refractivity contribution is 9.10. The van der Waals surface area contributed by atoms with Crippen LogP contribution in [-0.2, 0) is 5.60 Å². The Morgan fingerprint density at radius 1 is 1.47 bits per heavy atom. The molecule has 2 aromatic rings. The van der Waals surface area contributed by atoms with Crippen LogP contribution >= 0.6 is 15.9 Å². The molecule has 80 valence electrons. The van der Waals surface area contributed by atoms with Gasteiger partial charge in [-0.05, 0) is 31.2 Å². The second kappa shape index (κ2) is 3.63. The molecule has 0 spiro atoms. The molecule has 0 amide bonds. The van der Waals surface area contributed by atoms with E-state index < -0.39 is 5.60 Å². The quantitative estimate of drug-likeness (QED) is 0.781. The van der Waals surface area contributed by atoms with Gasteiger partial charge >= 0.3 is 0 Å². The van der Waals surface area contributed by atoms with Crippen LogP contribution in [0.3, 0.4) is 0 Å². The number of nitrogens with two attached hydrogens (primary N) is 1. The van der Waals surface area contributed by atoms with Crippen molar-refractivity contribution in [3.8, 4) is 0 Å². The molecule has 15 heavy (non-hydrogen) atoms. The molecule has 0 fully saturated rings. The van der Waals surface area contributed by atoms with Gasteiger partial charge in [0.05, 0.1) is 0 Å². The fraction of sp³-hybridized carbons (Fsp3) is 0.273. The first-order valence-electron chi connectivity index (χ1n) is 4.74. The lowest BCUT2D eigenvalue weighted by atomic mass is 10.0. The summed E-state index contributed by atoms with van der Waals surface area (Å²) in [5, 5.41) is 11.1. The second-order valence-corrected chi connectivity index (χ2v) is 4.81.